The third-order valence-electron chi connectivity index (χ3n) is 5.47. The van der Waals surface area contributed by atoms with Gasteiger partial charge in [-0.15, -0.1) is 0 Å². The number of hydrogen-bond donors (Lipinski definition) is 4. The van der Waals surface area contributed by atoms with E-state index in [1.807, 2.05) is 32.0 Å². The van der Waals surface area contributed by atoms with Crippen molar-refractivity contribution in [2.45, 2.75) is 72.2 Å². The smallest absolute Gasteiger partial charge is 0.408 e. The van der Waals surface area contributed by atoms with E-state index in [-0.39, 0.29) is 11.3 Å². The van der Waals surface area contributed by atoms with Crippen LogP contribution in [0.3, 0.4) is 0 Å². The van der Waals surface area contributed by atoms with Gasteiger partial charge in [-0.3, -0.25) is 9.59 Å². The molecule has 0 saturated carbocycles. The average molecular weight is 500 g/mol. The highest BCUT2D eigenvalue weighted by atomic mass is 16.6. The SMILES string of the molecule is Cc1cccc(C)c1NC(=O)C(c1ccccc1O)N(C(=O)C(CO)NC(=O)OC(C)(C)C)C(C)C. The monoisotopic (exact) mass is 499 g/mol. The van der Waals surface area contributed by atoms with Crippen LogP contribution in [0.15, 0.2) is 42.5 Å². The molecule has 2 rings (SSSR count). The summed E-state index contributed by atoms with van der Waals surface area (Å²) in [5.74, 6) is -1.42. The zero-order valence-corrected chi connectivity index (χ0v) is 22.0. The van der Waals surface area contributed by atoms with Gasteiger partial charge in [0.25, 0.3) is 5.91 Å². The molecule has 36 heavy (non-hydrogen) atoms. The van der Waals surface area contributed by atoms with Crippen molar-refractivity contribution in [2.24, 2.45) is 0 Å². The Bertz CT molecular complexity index is 1070. The maximum atomic E-state index is 13.8. The molecule has 0 heterocycles. The van der Waals surface area contributed by atoms with Crippen molar-refractivity contribution in [3.63, 3.8) is 0 Å². The summed E-state index contributed by atoms with van der Waals surface area (Å²) in [4.78, 5) is 41.0. The van der Waals surface area contributed by atoms with Crippen LogP contribution in [0.5, 0.6) is 5.75 Å². The molecule has 9 nitrogen and oxygen atoms in total. The first-order valence-electron chi connectivity index (χ1n) is 11.8. The number of aliphatic hydroxyl groups is 1. The molecule has 2 aromatic carbocycles. The number of aromatic hydroxyl groups is 1. The van der Waals surface area contributed by atoms with E-state index in [0.29, 0.717) is 5.69 Å². The third kappa shape index (κ3) is 7.21. The van der Waals surface area contributed by atoms with Gasteiger partial charge in [0, 0.05) is 17.3 Å². The van der Waals surface area contributed by atoms with Crippen LogP contribution < -0.4 is 10.6 Å². The Morgan fingerprint density at radius 3 is 2.08 bits per heavy atom. The highest BCUT2D eigenvalue weighted by molar-refractivity contribution is 6.00. The van der Waals surface area contributed by atoms with Crippen molar-refractivity contribution in [3.05, 3.63) is 59.2 Å². The van der Waals surface area contributed by atoms with Gasteiger partial charge in [0.1, 0.15) is 23.4 Å². The summed E-state index contributed by atoms with van der Waals surface area (Å²) in [7, 11) is 0. The number of aryl methyl sites for hydroxylation is 2. The first-order chi connectivity index (χ1) is 16.8. The number of phenols is 1. The number of para-hydroxylation sites is 2. The molecule has 0 radical (unpaired) electrons. The normalized spacial score (nSPS) is 13.0. The second kappa shape index (κ2) is 11.9. The van der Waals surface area contributed by atoms with Gasteiger partial charge in [0.2, 0.25) is 5.91 Å². The minimum absolute atomic E-state index is 0.168. The highest BCUT2D eigenvalue weighted by Gasteiger charge is 2.39. The molecule has 2 aromatic rings. The quantitative estimate of drug-likeness (QED) is 0.437. The van der Waals surface area contributed by atoms with Crippen molar-refractivity contribution >= 4 is 23.6 Å². The van der Waals surface area contributed by atoms with Gasteiger partial charge < -0.3 is 30.5 Å². The molecule has 0 saturated heterocycles. The van der Waals surface area contributed by atoms with Crippen LogP contribution in [0.25, 0.3) is 0 Å². The minimum Gasteiger partial charge on any atom is -0.508 e. The molecule has 9 heteroatoms. The summed E-state index contributed by atoms with van der Waals surface area (Å²) in [6, 6.07) is 8.67. The Morgan fingerprint density at radius 1 is 1.00 bits per heavy atom. The topological polar surface area (TPSA) is 128 Å². The molecule has 0 aliphatic carbocycles. The van der Waals surface area contributed by atoms with Gasteiger partial charge in [0.05, 0.1) is 6.61 Å². The number of alkyl carbamates (subject to hydrolysis) is 1. The Labute approximate surface area is 212 Å². The van der Waals surface area contributed by atoms with Crippen molar-refractivity contribution in [1.29, 1.82) is 0 Å². The van der Waals surface area contributed by atoms with Crippen LogP contribution in [0.4, 0.5) is 10.5 Å². The van der Waals surface area contributed by atoms with E-state index in [2.05, 4.69) is 10.6 Å². The number of nitrogens with zero attached hydrogens (tertiary/aromatic N) is 1. The summed E-state index contributed by atoms with van der Waals surface area (Å²) < 4.78 is 5.23. The van der Waals surface area contributed by atoms with Gasteiger partial charge in [0.15, 0.2) is 0 Å². The van der Waals surface area contributed by atoms with Crippen molar-refractivity contribution in [2.75, 3.05) is 11.9 Å². The maximum absolute atomic E-state index is 13.8. The number of benzene rings is 2. The summed E-state index contributed by atoms with van der Waals surface area (Å²) in [6.07, 6.45) is -0.877. The van der Waals surface area contributed by atoms with E-state index >= 15 is 0 Å². The lowest BCUT2D eigenvalue weighted by molar-refractivity contribution is -0.143. The fraction of sp³-hybridized carbons (Fsp3) is 0.444. The van der Waals surface area contributed by atoms with Crippen LogP contribution in [0.1, 0.15) is 57.4 Å². The lowest BCUT2D eigenvalue weighted by atomic mass is 9.99. The Kier molecular flexibility index (Phi) is 9.47. The zero-order valence-electron chi connectivity index (χ0n) is 22.0. The first kappa shape index (κ1) is 28.6. The van der Waals surface area contributed by atoms with Crippen LogP contribution in [0.2, 0.25) is 0 Å². The molecule has 2 atom stereocenters. The second-order valence-electron chi connectivity index (χ2n) is 9.94. The fourth-order valence-electron chi connectivity index (χ4n) is 3.83. The molecular formula is C27H37N3O6. The zero-order chi connectivity index (χ0) is 27.2. The summed E-state index contributed by atoms with van der Waals surface area (Å²) in [5, 5.41) is 25.9. The molecule has 0 bridgehead atoms. The van der Waals surface area contributed by atoms with E-state index in [1.165, 1.54) is 11.0 Å². The third-order valence-corrected chi connectivity index (χ3v) is 5.47. The molecule has 0 aliphatic heterocycles. The predicted molar refractivity (Wildman–Crippen MR) is 138 cm³/mol. The van der Waals surface area contributed by atoms with Gasteiger partial charge in [-0.1, -0.05) is 36.4 Å². The Morgan fingerprint density at radius 2 is 1.58 bits per heavy atom. The molecule has 196 valence electrons. The number of phenolic OH excluding ortho intramolecular Hbond substituents is 1. The van der Waals surface area contributed by atoms with Gasteiger partial charge in [-0.2, -0.15) is 0 Å². The molecular weight excluding hydrogens is 462 g/mol. The second-order valence-corrected chi connectivity index (χ2v) is 9.94. The van der Waals surface area contributed by atoms with Gasteiger partial charge >= 0.3 is 6.09 Å². The minimum atomic E-state index is -1.37. The highest BCUT2D eigenvalue weighted by Crippen LogP contribution is 2.33. The van der Waals surface area contributed by atoms with E-state index in [1.54, 1.807) is 52.8 Å². The summed E-state index contributed by atoms with van der Waals surface area (Å²) >= 11 is 0. The van der Waals surface area contributed by atoms with E-state index in [9.17, 15) is 24.6 Å². The molecule has 3 amide bonds. The van der Waals surface area contributed by atoms with E-state index in [4.69, 9.17) is 4.74 Å². The number of nitrogens with one attached hydrogen (secondary N) is 2. The number of rotatable bonds is 8. The molecule has 0 spiro atoms. The molecule has 0 fully saturated rings. The maximum Gasteiger partial charge on any atom is 0.408 e. The molecule has 0 aromatic heterocycles. The van der Waals surface area contributed by atoms with Crippen molar-refractivity contribution in [3.8, 4) is 5.75 Å². The van der Waals surface area contributed by atoms with Crippen LogP contribution >= 0.6 is 0 Å². The van der Waals surface area contributed by atoms with Crippen molar-refractivity contribution in [1.82, 2.24) is 10.2 Å². The van der Waals surface area contributed by atoms with Gasteiger partial charge in [-0.05, 0) is 65.7 Å². The number of hydrogen-bond acceptors (Lipinski definition) is 6. The van der Waals surface area contributed by atoms with Crippen LogP contribution in [-0.2, 0) is 14.3 Å². The Hall–Kier alpha value is -3.59. The fourth-order valence-corrected chi connectivity index (χ4v) is 3.83. The molecule has 2 unspecified atom stereocenters. The van der Waals surface area contributed by atoms with Gasteiger partial charge in [-0.25, -0.2) is 4.79 Å². The van der Waals surface area contributed by atoms with Crippen LogP contribution in [-0.4, -0.2) is 57.3 Å². The van der Waals surface area contributed by atoms with E-state index in [0.717, 1.165) is 11.1 Å². The number of anilines is 1. The number of carbonyl (C=O) groups excluding carboxylic acids is 3. The number of carbonyl (C=O) groups is 3. The van der Waals surface area contributed by atoms with Crippen molar-refractivity contribution < 1.29 is 29.3 Å². The molecule has 4 N–H and O–H groups in total. The number of ether oxygens (including phenoxy) is 1. The lowest BCUT2D eigenvalue weighted by Crippen LogP contribution is -2.55. The van der Waals surface area contributed by atoms with Crippen LogP contribution in [0, 0.1) is 13.8 Å². The molecule has 0 aliphatic rings. The standard InChI is InChI=1S/C27H37N3O6/c1-16(2)30(25(34)20(15-31)28-26(35)36-27(5,6)7)23(19-13-8-9-14-21(19)32)24(33)29-22-17(3)11-10-12-18(22)4/h8-14,16,20,23,31-32H,15H2,1-7H3,(H,28,35)(H,29,33). The predicted octanol–water partition coefficient (Wildman–Crippen LogP) is 3.81. The average Bonchev–Trinajstić information content (AvgIpc) is 2.77. The number of amides is 3. The summed E-state index contributed by atoms with van der Waals surface area (Å²) in [6.45, 7) is 11.4. The summed E-state index contributed by atoms with van der Waals surface area (Å²) in [5.41, 5.74) is 1.67. The lowest BCUT2D eigenvalue weighted by Gasteiger charge is -2.37. The largest absolute Gasteiger partial charge is 0.508 e. The Balaban J connectivity index is 2.52. The number of aliphatic hydroxyl groups excluding tert-OH is 1. The first-order valence-corrected chi connectivity index (χ1v) is 11.8. The van der Waals surface area contributed by atoms with E-state index < -0.39 is 48.2 Å².